The lowest BCUT2D eigenvalue weighted by Gasteiger charge is -2.33. The van der Waals surface area contributed by atoms with Crippen LogP contribution in [0.25, 0.3) is 32.4 Å². The highest BCUT2D eigenvalue weighted by Crippen LogP contribution is 2.44. The van der Waals surface area contributed by atoms with Crippen molar-refractivity contribution >= 4 is 64.3 Å². The molecule has 2 aliphatic heterocycles. The third-order valence-electron chi connectivity index (χ3n) is 8.94. The van der Waals surface area contributed by atoms with Crippen LogP contribution in [0, 0.1) is 0 Å². The molecule has 0 aliphatic carbocycles. The van der Waals surface area contributed by atoms with Gasteiger partial charge in [0.25, 0.3) is 5.56 Å². The molecule has 0 spiro atoms. The molecule has 5 heterocycles. The van der Waals surface area contributed by atoms with E-state index in [0.29, 0.717) is 28.6 Å². The first-order valence-corrected chi connectivity index (χ1v) is 20.5. The number of hydrogen-bond donors (Lipinski definition) is 0. The SMILES string of the molecule is CN(C(=O)OC(C)(C)C)[C@@H]1C[C@@H]2CC[C@H]1N2c1nc2c(c(-c3ccc4ncsc4c3Cl)cn2COCC[Si](C)(C)C)c(=O)n1C. The average molecular weight is 671 g/mol. The molecule has 2 aliphatic rings. The number of likely N-dealkylation sites (N-methyl/N-ethyl adjacent to an activating group) is 1. The lowest BCUT2D eigenvalue weighted by atomic mass is 9.95. The van der Waals surface area contributed by atoms with Gasteiger partial charge in [-0.15, -0.1) is 11.3 Å². The molecular weight excluding hydrogens is 628 g/mol. The monoisotopic (exact) mass is 670 g/mol. The third kappa shape index (κ3) is 6.02. The van der Waals surface area contributed by atoms with Gasteiger partial charge in [0.2, 0.25) is 5.95 Å². The number of anilines is 1. The van der Waals surface area contributed by atoms with Crippen LogP contribution in [0.5, 0.6) is 0 Å². The maximum absolute atomic E-state index is 14.3. The molecule has 6 rings (SSSR count). The largest absolute Gasteiger partial charge is 0.444 e. The molecule has 2 bridgehead atoms. The Bertz CT molecular complexity index is 1820. The highest BCUT2D eigenvalue weighted by Gasteiger charge is 2.50. The van der Waals surface area contributed by atoms with E-state index in [1.165, 1.54) is 11.3 Å². The second-order valence-corrected chi connectivity index (χ2v) is 21.4. The quantitative estimate of drug-likeness (QED) is 0.148. The molecule has 45 heavy (non-hydrogen) atoms. The van der Waals surface area contributed by atoms with Gasteiger partial charge in [0, 0.05) is 52.1 Å². The normalized spacial score (nSPS) is 20.1. The molecule has 3 atom stereocenters. The van der Waals surface area contributed by atoms with E-state index in [1.54, 1.807) is 22.0 Å². The van der Waals surface area contributed by atoms with Crippen molar-refractivity contribution in [2.45, 2.75) is 96.2 Å². The summed E-state index contributed by atoms with van der Waals surface area (Å²) in [5, 5.41) is 1.08. The number of benzene rings is 1. The van der Waals surface area contributed by atoms with E-state index < -0.39 is 13.7 Å². The van der Waals surface area contributed by atoms with E-state index in [9.17, 15) is 9.59 Å². The van der Waals surface area contributed by atoms with E-state index in [1.807, 2.05) is 50.7 Å². The molecule has 1 amide bonds. The summed E-state index contributed by atoms with van der Waals surface area (Å²) in [6.07, 6.45) is 4.30. The minimum absolute atomic E-state index is 0.0297. The zero-order valence-corrected chi connectivity index (χ0v) is 30.0. The molecule has 0 radical (unpaired) electrons. The summed E-state index contributed by atoms with van der Waals surface area (Å²) in [5.41, 5.74) is 3.95. The van der Waals surface area contributed by atoms with Crippen molar-refractivity contribution in [2.24, 2.45) is 7.05 Å². The maximum Gasteiger partial charge on any atom is 0.410 e. The molecular formula is C32H43ClN6O4SSi. The van der Waals surface area contributed by atoms with Gasteiger partial charge in [-0.1, -0.05) is 37.3 Å². The predicted molar refractivity (Wildman–Crippen MR) is 184 cm³/mol. The minimum atomic E-state index is -1.28. The summed E-state index contributed by atoms with van der Waals surface area (Å²) < 4.78 is 16.4. The van der Waals surface area contributed by atoms with Crippen LogP contribution in [0.2, 0.25) is 30.7 Å². The Morgan fingerprint density at radius 2 is 1.96 bits per heavy atom. The Hall–Kier alpha value is -2.93. The van der Waals surface area contributed by atoms with Crippen LogP contribution in [-0.2, 0) is 23.3 Å². The molecule has 3 aromatic heterocycles. The molecule has 4 aromatic rings. The molecule has 2 fully saturated rings. The van der Waals surface area contributed by atoms with Crippen molar-refractivity contribution in [3.05, 3.63) is 39.2 Å². The average Bonchev–Trinajstić information content (AvgIpc) is 3.74. The number of ether oxygens (including phenoxy) is 2. The Morgan fingerprint density at radius 1 is 1.20 bits per heavy atom. The van der Waals surface area contributed by atoms with Crippen molar-refractivity contribution in [3.8, 4) is 11.1 Å². The van der Waals surface area contributed by atoms with Gasteiger partial charge in [-0.05, 0) is 52.1 Å². The summed E-state index contributed by atoms with van der Waals surface area (Å²) in [5.74, 6) is 0.608. The molecule has 0 unspecified atom stereocenters. The van der Waals surface area contributed by atoms with Crippen molar-refractivity contribution in [1.82, 2.24) is 24.0 Å². The summed E-state index contributed by atoms with van der Waals surface area (Å²) in [7, 11) is 2.32. The van der Waals surface area contributed by atoms with Gasteiger partial charge >= 0.3 is 6.09 Å². The lowest BCUT2D eigenvalue weighted by Crippen LogP contribution is -2.47. The Morgan fingerprint density at radius 3 is 2.67 bits per heavy atom. The molecule has 0 saturated carbocycles. The highest BCUT2D eigenvalue weighted by molar-refractivity contribution is 7.17. The fraction of sp³-hybridized carbons (Fsp3) is 0.562. The van der Waals surface area contributed by atoms with Gasteiger partial charge in [-0.2, -0.15) is 4.98 Å². The van der Waals surface area contributed by atoms with E-state index in [4.69, 9.17) is 26.1 Å². The number of amides is 1. The Kier molecular flexibility index (Phi) is 8.33. The second kappa shape index (κ2) is 11.7. The van der Waals surface area contributed by atoms with E-state index >= 15 is 0 Å². The number of fused-ring (bicyclic) bond motifs is 4. The van der Waals surface area contributed by atoms with Gasteiger partial charge in [0.15, 0.2) is 5.65 Å². The zero-order chi connectivity index (χ0) is 32.4. The first-order valence-electron chi connectivity index (χ1n) is 15.6. The maximum atomic E-state index is 14.3. The Balaban J connectivity index is 1.42. The van der Waals surface area contributed by atoms with Gasteiger partial charge in [0.05, 0.1) is 38.2 Å². The molecule has 2 saturated heterocycles. The number of carbonyl (C=O) groups is 1. The second-order valence-electron chi connectivity index (χ2n) is 14.6. The van der Waals surface area contributed by atoms with Crippen LogP contribution < -0.4 is 10.5 Å². The standard InChI is InChI=1S/C32H43ClN6O4SSi/c1-32(2,3)43-31(41)36(4)24-15-19-9-12-23(24)39(19)30-35-28-25(29(40)37(30)5)21(16-38(28)18-42-13-14-45(6,7)8)20-10-11-22-27(26(20)33)44-17-34-22/h10-11,16-17,19,23-24H,9,12-15,18H2,1-8H3/t19-,23+,24+/m0/s1. The Labute approximate surface area is 273 Å². The van der Waals surface area contributed by atoms with E-state index in [-0.39, 0.29) is 36.5 Å². The number of hydrogen-bond acceptors (Lipinski definition) is 8. The van der Waals surface area contributed by atoms with Crippen molar-refractivity contribution < 1.29 is 14.3 Å². The number of thiazole rings is 1. The van der Waals surface area contributed by atoms with Crippen LogP contribution in [0.4, 0.5) is 10.7 Å². The topological polar surface area (TPSA) is 94.7 Å². The number of carbonyl (C=O) groups excluding carboxylic acids is 1. The third-order valence-corrected chi connectivity index (χ3v) is 12.0. The predicted octanol–water partition coefficient (Wildman–Crippen LogP) is 6.95. The number of halogens is 1. The fourth-order valence-corrected chi connectivity index (χ4v) is 8.52. The summed E-state index contributed by atoms with van der Waals surface area (Å²) in [6, 6.07) is 5.07. The van der Waals surface area contributed by atoms with Crippen LogP contribution >= 0.6 is 22.9 Å². The fourth-order valence-electron chi connectivity index (χ4n) is 6.64. The minimum Gasteiger partial charge on any atom is -0.444 e. The van der Waals surface area contributed by atoms with E-state index in [2.05, 4.69) is 29.5 Å². The molecule has 1 aromatic carbocycles. The summed E-state index contributed by atoms with van der Waals surface area (Å²) in [6.45, 7) is 13.5. The molecule has 13 heteroatoms. The number of nitrogens with zero attached hydrogens (tertiary/aromatic N) is 6. The van der Waals surface area contributed by atoms with E-state index in [0.717, 1.165) is 46.7 Å². The van der Waals surface area contributed by atoms with Crippen molar-refractivity contribution in [1.29, 1.82) is 0 Å². The van der Waals surface area contributed by atoms with Crippen molar-refractivity contribution in [2.75, 3.05) is 18.6 Å². The van der Waals surface area contributed by atoms with Gasteiger partial charge in [-0.25, -0.2) is 9.78 Å². The molecule has 0 N–H and O–H groups in total. The molecule has 242 valence electrons. The number of aromatic nitrogens is 4. The smallest absolute Gasteiger partial charge is 0.410 e. The number of rotatable bonds is 8. The van der Waals surface area contributed by atoms with Gasteiger partial charge < -0.3 is 23.8 Å². The summed E-state index contributed by atoms with van der Waals surface area (Å²) >= 11 is 8.43. The first-order chi connectivity index (χ1) is 21.1. The first kappa shape index (κ1) is 32.0. The lowest BCUT2D eigenvalue weighted by molar-refractivity contribution is 0.0202. The highest BCUT2D eigenvalue weighted by atomic mass is 35.5. The van der Waals surface area contributed by atoms with Gasteiger partial charge in [0.1, 0.15) is 12.3 Å². The van der Waals surface area contributed by atoms with Crippen LogP contribution in [0.1, 0.15) is 40.0 Å². The van der Waals surface area contributed by atoms with Crippen LogP contribution in [0.15, 0.2) is 28.6 Å². The van der Waals surface area contributed by atoms with Crippen LogP contribution in [-0.4, -0.2) is 75.6 Å². The zero-order valence-electron chi connectivity index (χ0n) is 27.4. The van der Waals surface area contributed by atoms with Crippen LogP contribution in [0.3, 0.4) is 0 Å². The summed E-state index contributed by atoms with van der Waals surface area (Å²) in [4.78, 5) is 40.9. The van der Waals surface area contributed by atoms with Gasteiger partial charge in [-0.3, -0.25) is 9.36 Å². The van der Waals surface area contributed by atoms with Crippen molar-refractivity contribution in [3.63, 3.8) is 0 Å². The molecule has 10 nitrogen and oxygen atoms in total.